The molecule has 5 heteroatoms. The zero-order valence-electron chi connectivity index (χ0n) is 15.8. The van der Waals surface area contributed by atoms with Crippen molar-refractivity contribution in [1.82, 2.24) is 4.90 Å². The van der Waals surface area contributed by atoms with Crippen LogP contribution in [0.2, 0.25) is 0 Å². The first kappa shape index (κ1) is 17.8. The number of rotatable bonds is 4. The summed E-state index contributed by atoms with van der Waals surface area (Å²) in [5, 5.41) is 0. The summed E-state index contributed by atoms with van der Waals surface area (Å²) < 4.78 is 19.2. The molecule has 2 heterocycles. The van der Waals surface area contributed by atoms with E-state index in [2.05, 4.69) is 16.7 Å². The van der Waals surface area contributed by atoms with Gasteiger partial charge in [-0.25, -0.2) is 4.39 Å². The second-order valence-electron chi connectivity index (χ2n) is 8.45. The number of amides is 1. The Kier molecular flexibility index (Phi) is 4.68. The Morgan fingerprint density at radius 2 is 2.04 bits per heavy atom. The standard InChI is InChI=1S/C21H29FN2O2/c1-15-11-16(12-15)20(25)23-7-5-21(6-8-23)14-24(9-10-26-2)19-4-3-17(22)13-18(19)21/h3-4,13,15-16H,5-12,14H2,1-2H3. The highest BCUT2D eigenvalue weighted by atomic mass is 19.1. The fraction of sp³-hybridized carbons (Fsp3) is 0.667. The van der Waals surface area contributed by atoms with E-state index in [0.717, 1.165) is 63.1 Å². The lowest BCUT2D eigenvalue weighted by Gasteiger charge is -2.43. The quantitative estimate of drug-likeness (QED) is 0.827. The van der Waals surface area contributed by atoms with Gasteiger partial charge in [-0.05, 0) is 55.4 Å². The van der Waals surface area contributed by atoms with Crippen LogP contribution < -0.4 is 4.90 Å². The van der Waals surface area contributed by atoms with Crippen molar-refractivity contribution in [3.8, 4) is 0 Å². The highest BCUT2D eigenvalue weighted by Crippen LogP contribution is 2.47. The third kappa shape index (κ3) is 3.00. The van der Waals surface area contributed by atoms with Gasteiger partial charge in [-0.15, -0.1) is 0 Å². The van der Waals surface area contributed by atoms with Crippen molar-refractivity contribution >= 4 is 11.6 Å². The van der Waals surface area contributed by atoms with Crippen LogP contribution in [0.5, 0.6) is 0 Å². The average Bonchev–Trinajstić information content (AvgIpc) is 2.90. The second kappa shape index (κ2) is 6.84. The molecule has 3 aliphatic rings. The van der Waals surface area contributed by atoms with Crippen molar-refractivity contribution in [1.29, 1.82) is 0 Å². The van der Waals surface area contributed by atoms with Gasteiger partial charge >= 0.3 is 0 Å². The van der Waals surface area contributed by atoms with Gasteiger partial charge in [-0.3, -0.25) is 4.79 Å². The van der Waals surface area contributed by atoms with E-state index in [1.54, 1.807) is 19.2 Å². The molecular formula is C21H29FN2O2. The molecule has 1 aliphatic carbocycles. The number of anilines is 1. The van der Waals surface area contributed by atoms with Crippen LogP contribution in [-0.2, 0) is 14.9 Å². The summed E-state index contributed by atoms with van der Waals surface area (Å²) in [5.41, 5.74) is 2.23. The molecule has 2 aliphatic heterocycles. The summed E-state index contributed by atoms with van der Waals surface area (Å²) >= 11 is 0. The number of hydrogen-bond acceptors (Lipinski definition) is 3. The number of fused-ring (bicyclic) bond motifs is 2. The van der Waals surface area contributed by atoms with E-state index in [-0.39, 0.29) is 17.2 Å². The molecule has 0 atom stereocenters. The Hall–Kier alpha value is -1.62. The molecule has 1 aromatic carbocycles. The number of nitrogens with zero attached hydrogens (tertiary/aromatic N) is 2. The van der Waals surface area contributed by atoms with Gasteiger partial charge in [0.15, 0.2) is 0 Å². The van der Waals surface area contributed by atoms with E-state index >= 15 is 0 Å². The van der Waals surface area contributed by atoms with Crippen LogP contribution in [0.15, 0.2) is 18.2 Å². The van der Waals surface area contributed by atoms with E-state index < -0.39 is 0 Å². The smallest absolute Gasteiger partial charge is 0.225 e. The van der Waals surface area contributed by atoms with Crippen LogP contribution in [0.4, 0.5) is 10.1 Å². The summed E-state index contributed by atoms with van der Waals surface area (Å²) in [7, 11) is 1.71. The Morgan fingerprint density at radius 1 is 1.31 bits per heavy atom. The number of benzene rings is 1. The van der Waals surface area contributed by atoms with Gasteiger partial charge in [0.05, 0.1) is 6.61 Å². The first-order valence-corrected chi connectivity index (χ1v) is 9.85. The number of piperidine rings is 1. The average molecular weight is 360 g/mol. The van der Waals surface area contributed by atoms with Crippen LogP contribution in [0, 0.1) is 17.7 Å². The Labute approximate surface area is 155 Å². The van der Waals surface area contributed by atoms with Crippen molar-refractivity contribution in [3.05, 3.63) is 29.6 Å². The lowest BCUT2D eigenvalue weighted by atomic mass is 9.72. The Balaban J connectivity index is 1.49. The SMILES string of the molecule is COCCN1CC2(CCN(C(=O)C3CC(C)C3)CC2)c2cc(F)ccc21. The Morgan fingerprint density at radius 3 is 2.69 bits per heavy atom. The normalized spacial score (nSPS) is 26.7. The summed E-state index contributed by atoms with van der Waals surface area (Å²) in [6, 6.07) is 5.17. The fourth-order valence-corrected chi connectivity index (χ4v) is 5.09. The number of methoxy groups -OCH3 is 1. The van der Waals surface area contributed by atoms with Gasteiger partial charge in [0.2, 0.25) is 5.91 Å². The largest absolute Gasteiger partial charge is 0.383 e. The molecule has 1 spiro atoms. The Bertz CT molecular complexity index is 679. The zero-order chi connectivity index (χ0) is 18.3. The molecule has 1 saturated carbocycles. The molecule has 26 heavy (non-hydrogen) atoms. The predicted octanol–water partition coefficient (Wildman–Crippen LogP) is 3.20. The minimum atomic E-state index is -0.168. The van der Waals surface area contributed by atoms with Crippen LogP contribution in [0.25, 0.3) is 0 Å². The number of halogens is 1. The summed E-state index contributed by atoms with van der Waals surface area (Å²) in [6.07, 6.45) is 3.92. The van der Waals surface area contributed by atoms with Gasteiger partial charge in [-0.2, -0.15) is 0 Å². The second-order valence-corrected chi connectivity index (χ2v) is 8.45. The van der Waals surface area contributed by atoms with Crippen LogP contribution >= 0.6 is 0 Å². The van der Waals surface area contributed by atoms with Gasteiger partial charge < -0.3 is 14.5 Å². The highest BCUT2D eigenvalue weighted by Gasteiger charge is 2.46. The maximum Gasteiger partial charge on any atom is 0.225 e. The topological polar surface area (TPSA) is 32.8 Å². The maximum atomic E-state index is 14.0. The third-order valence-electron chi connectivity index (χ3n) is 6.68. The summed E-state index contributed by atoms with van der Waals surface area (Å²) in [4.78, 5) is 17.1. The van der Waals surface area contributed by atoms with Crippen LogP contribution in [0.3, 0.4) is 0 Å². The molecule has 1 saturated heterocycles. The van der Waals surface area contributed by atoms with Gasteiger partial charge in [0.1, 0.15) is 5.82 Å². The fourth-order valence-electron chi connectivity index (χ4n) is 5.09. The highest BCUT2D eigenvalue weighted by molar-refractivity contribution is 5.80. The molecular weight excluding hydrogens is 331 g/mol. The first-order chi connectivity index (χ1) is 12.5. The molecule has 0 radical (unpaired) electrons. The molecule has 1 aromatic rings. The van der Waals surface area contributed by atoms with E-state index in [1.807, 2.05) is 6.07 Å². The van der Waals surface area contributed by atoms with Gasteiger partial charge in [0.25, 0.3) is 0 Å². The number of carbonyl (C=O) groups excluding carboxylic acids is 1. The van der Waals surface area contributed by atoms with Gasteiger partial charge in [0, 0.05) is 50.3 Å². The molecule has 4 nitrogen and oxygen atoms in total. The molecule has 142 valence electrons. The molecule has 0 N–H and O–H groups in total. The lowest BCUT2D eigenvalue weighted by molar-refractivity contribution is -0.141. The van der Waals surface area contributed by atoms with Crippen LogP contribution in [0.1, 0.15) is 38.2 Å². The van der Waals surface area contributed by atoms with Crippen molar-refractivity contribution < 1.29 is 13.9 Å². The third-order valence-corrected chi connectivity index (χ3v) is 6.68. The van der Waals surface area contributed by atoms with E-state index in [1.165, 1.54) is 0 Å². The molecule has 4 rings (SSSR count). The number of likely N-dealkylation sites (tertiary alicyclic amines) is 1. The summed E-state index contributed by atoms with van der Waals surface area (Å²) in [6.45, 7) is 6.18. The summed E-state index contributed by atoms with van der Waals surface area (Å²) in [5.74, 6) is 1.11. The zero-order valence-corrected chi connectivity index (χ0v) is 15.8. The van der Waals surface area contributed by atoms with Gasteiger partial charge in [-0.1, -0.05) is 6.92 Å². The maximum absolute atomic E-state index is 14.0. The first-order valence-electron chi connectivity index (χ1n) is 9.85. The predicted molar refractivity (Wildman–Crippen MR) is 99.9 cm³/mol. The molecule has 1 amide bonds. The van der Waals surface area contributed by atoms with E-state index in [9.17, 15) is 9.18 Å². The van der Waals surface area contributed by atoms with Crippen molar-refractivity contribution in [2.45, 2.75) is 38.0 Å². The van der Waals surface area contributed by atoms with Crippen LogP contribution in [-0.4, -0.2) is 50.7 Å². The van der Waals surface area contributed by atoms with Crippen molar-refractivity contribution in [2.75, 3.05) is 44.8 Å². The lowest BCUT2D eigenvalue weighted by Crippen LogP contribution is -2.50. The monoisotopic (exact) mass is 360 g/mol. The minimum Gasteiger partial charge on any atom is -0.383 e. The van der Waals surface area contributed by atoms with E-state index in [4.69, 9.17) is 4.74 Å². The molecule has 2 fully saturated rings. The number of carbonyl (C=O) groups is 1. The molecule has 0 bridgehead atoms. The van der Waals surface area contributed by atoms with E-state index in [0.29, 0.717) is 18.4 Å². The molecule has 0 unspecified atom stereocenters. The van der Waals surface area contributed by atoms with Crippen molar-refractivity contribution in [2.24, 2.45) is 11.8 Å². The molecule has 0 aromatic heterocycles. The minimum absolute atomic E-state index is 0.0329. The number of hydrogen-bond donors (Lipinski definition) is 0. The number of ether oxygens (including phenoxy) is 1. The van der Waals surface area contributed by atoms with Crippen molar-refractivity contribution in [3.63, 3.8) is 0 Å².